The monoisotopic (exact) mass is 425 g/mol. The predicted octanol–water partition coefficient (Wildman–Crippen LogP) is 3.97. The largest absolute Gasteiger partial charge is 0.427 e. The molecule has 3 nitrogen and oxygen atoms in total. The average molecular weight is 425 g/mol. The Morgan fingerprint density at radius 2 is 1.72 bits per heavy atom. The molecule has 156 valence electrons. The Kier molecular flexibility index (Phi) is 6.55. The fourth-order valence-electron chi connectivity index (χ4n) is 3.66. The summed E-state index contributed by atoms with van der Waals surface area (Å²) in [6.45, 7) is 1.88. The summed E-state index contributed by atoms with van der Waals surface area (Å²) in [5.41, 5.74) is -0.242. The van der Waals surface area contributed by atoms with Gasteiger partial charge in [-0.15, -0.1) is 0 Å². The zero-order chi connectivity index (χ0) is 21.1. The lowest BCUT2D eigenvalue weighted by Crippen LogP contribution is -2.55. The van der Waals surface area contributed by atoms with E-state index in [2.05, 4.69) is 4.90 Å². The molecule has 0 saturated carbocycles. The lowest BCUT2D eigenvalue weighted by atomic mass is 10.1. The zero-order valence-corrected chi connectivity index (χ0v) is 16.9. The third-order valence-electron chi connectivity index (χ3n) is 5.45. The van der Waals surface area contributed by atoms with E-state index in [1.807, 2.05) is 0 Å². The Balaban J connectivity index is 1.50. The van der Waals surface area contributed by atoms with Crippen LogP contribution in [0.2, 0.25) is 12.1 Å². The van der Waals surface area contributed by atoms with Crippen LogP contribution in [0.1, 0.15) is 28.8 Å². The maximum atomic E-state index is 12.9. The van der Waals surface area contributed by atoms with E-state index in [0.717, 1.165) is 12.1 Å². The topological polar surface area (TPSA) is 40.5 Å². The maximum Gasteiger partial charge on any atom is 0.416 e. The van der Waals surface area contributed by atoms with E-state index >= 15 is 0 Å². The SMILES string of the molecule is O=C(CCCN1CC[Si](O)(c2cccc(C(F)(F)F)c2)CC1)c1ccc(F)cc1. The van der Waals surface area contributed by atoms with Crippen LogP contribution in [0.3, 0.4) is 0 Å². The summed E-state index contributed by atoms with van der Waals surface area (Å²) >= 11 is 0. The fraction of sp³-hybridized carbons (Fsp3) is 0.381. The van der Waals surface area contributed by atoms with Gasteiger partial charge in [0.1, 0.15) is 5.82 Å². The molecule has 8 heteroatoms. The van der Waals surface area contributed by atoms with E-state index in [-0.39, 0.29) is 11.6 Å². The van der Waals surface area contributed by atoms with Gasteiger partial charge in [-0.05, 0) is 73.7 Å². The first-order chi connectivity index (χ1) is 13.7. The van der Waals surface area contributed by atoms with Gasteiger partial charge in [0, 0.05) is 12.0 Å². The third-order valence-corrected chi connectivity index (χ3v) is 8.94. The molecule has 0 aliphatic carbocycles. The van der Waals surface area contributed by atoms with Crippen LogP contribution in [-0.2, 0) is 6.18 Å². The lowest BCUT2D eigenvalue weighted by molar-refractivity contribution is -0.137. The minimum atomic E-state index is -4.42. The molecule has 1 fully saturated rings. The number of rotatable bonds is 6. The van der Waals surface area contributed by atoms with Crippen LogP contribution in [0, 0.1) is 5.82 Å². The second-order valence-electron chi connectivity index (χ2n) is 7.49. The molecule has 0 aromatic heterocycles. The van der Waals surface area contributed by atoms with Gasteiger partial charge in [0.25, 0.3) is 0 Å². The standard InChI is InChI=1S/C21H23F4NO2Si/c22-18-8-6-16(7-9-18)20(27)5-2-10-26-11-13-29(28,14-12-26)19-4-1-3-17(15-19)21(23,24)25/h1,3-4,6-9,15,28H,2,5,10-14H2. The number of ketones is 1. The highest BCUT2D eigenvalue weighted by Gasteiger charge is 2.39. The first-order valence-electron chi connectivity index (χ1n) is 9.59. The van der Waals surface area contributed by atoms with Crippen LogP contribution in [-0.4, -0.2) is 43.4 Å². The van der Waals surface area contributed by atoms with Crippen LogP contribution in [0.5, 0.6) is 0 Å². The number of carbonyl (C=O) groups excluding carboxylic acids is 1. The molecule has 0 bridgehead atoms. The van der Waals surface area contributed by atoms with Crippen molar-refractivity contribution < 1.29 is 27.2 Å². The number of hydrogen-bond donors (Lipinski definition) is 1. The van der Waals surface area contributed by atoms with E-state index in [1.165, 1.54) is 30.3 Å². The Hall–Kier alpha value is -2.03. The van der Waals surface area contributed by atoms with E-state index in [4.69, 9.17) is 0 Å². The number of benzene rings is 2. The van der Waals surface area contributed by atoms with Gasteiger partial charge in [-0.2, -0.15) is 13.2 Å². The molecule has 1 aliphatic rings. The van der Waals surface area contributed by atoms with Crippen molar-refractivity contribution in [3.8, 4) is 0 Å². The van der Waals surface area contributed by atoms with Crippen LogP contribution in [0.25, 0.3) is 0 Å². The van der Waals surface area contributed by atoms with Crippen LogP contribution < -0.4 is 5.19 Å². The summed E-state index contributed by atoms with van der Waals surface area (Å²) in [5, 5.41) is 0.429. The van der Waals surface area contributed by atoms with Crippen molar-refractivity contribution in [1.82, 2.24) is 4.90 Å². The molecule has 0 spiro atoms. The summed E-state index contributed by atoms with van der Waals surface area (Å²) in [5.74, 6) is -0.427. The highest BCUT2D eigenvalue weighted by atomic mass is 28.4. The molecule has 1 heterocycles. The molecule has 29 heavy (non-hydrogen) atoms. The number of Topliss-reactive ketones (excluding diaryl/α,β-unsaturated/α-hetero) is 1. The van der Waals surface area contributed by atoms with Gasteiger partial charge in [-0.3, -0.25) is 4.79 Å². The predicted molar refractivity (Wildman–Crippen MR) is 105 cm³/mol. The summed E-state index contributed by atoms with van der Waals surface area (Å²) in [4.78, 5) is 25.3. The Labute approximate surface area is 168 Å². The van der Waals surface area contributed by atoms with E-state index in [1.54, 1.807) is 6.07 Å². The van der Waals surface area contributed by atoms with Crippen molar-refractivity contribution in [2.24, 2.45) is 0 Å². The number of nitrogens with zero attached hydrogens (tertiary/aromatic N) is 1. The molecule has 0 atom stereocenters. The number of halogens is 4. The Bertz CT molecular complexity index is 847. The lowest BCUT2D eigenvalue weighted by Gasteiger charge is -2.36. The summed E-state index contributed by atoms with van der Waals surface area (Å²) in [6, 6.07) is 11.5. The normalized spacial score (nSPS) is 17.3. The number of carbonyl (C=O) groups is 1. The molecule has 3 rings (SSSR count). The highest BCUT2D eigenvalue weighted by molar-refractivity contribution is 6.85. The van der Waals surface area contributed by atoms with Gasteiger partial charge in [-0.1, -0.05) is 18.2 Å². The molecule has 1 saturated heterocycles. The average Bonchev–Trinajstić information content (AvgIpc) is 2.69. The van der Waals surface area contributed by atoms with Crippen molar-refractivity contribution in [2.75, 3.05) is 19.6 Å². The van der Waals surface area contributed by atoms with Crippen molar-refractivity contribution >= 4 is 19.3 Å². The van der Waals surface area contributed by atoms with Gasteiger partial charge in [0.15, 0.2) is 5.78 Å². The van der Waals surface area contributed by atoms with Gasteiger partial charge in [0.2, 0.25) is 8.32 Å². The van der Waals surface area contributed by atoms with Crippen molar-refractivity contribution in [3.63, 3.8) is 0 Å². The summed E-state index contributed by atoms with van der Waals surface area (Å²) < 4.78 is 51.8. The molecule has 1 aliphatic heterocycles. The van der Waals surface area contributed by atoms with E-state index < -0.39 is 20.1 Å². The number of alkyl halides is 3. The fourth-order valence-corrected chi connectivity index (χ4v) is 6.69. The van der Waals surface area contributed by atoms with Crippen molar-refractivity contribution in [3.05, 3.63) is 65.5 Å². The van der Waals surface area contributed by atoms with Gasteiger partial charge < -0.3 is 9.70 Å². The van der Waals surface area contributed by atoms with Gasteiger partial charge in [0.05, 0.1) is 5.56 Å². The Morgan fingerprint density at radius 1 is 1.07 bits per heavy atom. The second kappa shape index (κ2) is 8.77. The third kappa shape index (κ3) is 5.52. The van der Waals surface area contributed by atoms with Gasteiger partial charge >= 0.3 is 6.18 Å². The van der Waals surface area contributed by atoms with Crippen molar-refractivity contribution in [1.29, 1.82) is 0 Å². The minimum absolute atomic E-state index is 0.0446. The van der Waals surface area contributed by atoms with Crippen LogP contribution >= 0.6 is 0 Å². The number of hydrogen-bond acceptors (Lipinski definition) is 3. The molecule has 1 N–H and O–H groups in total. The van der Waals surface area contributed by atoms with Crippen LogP contribution in [0.4, 0.5) is 17.6 Å². The molecule has 2 aromatic rings. The minimum Gasteiger partial charge on any atom is -0.427 e. The van der Waals surface area contributed by atoms with Gasteiger partial charge in [-0.25, -0.2) is 4.39 Å². The molecular formula is C21H23F4NO2Si. The molecule has 0 unspecified atom stereocenters. The second-order valence-corrected chi connectivity index (χ2v) is 11.1. The van der Waals surface area contributed by atoms with E-state index in [9.17, 15) is 27.2 Å². The molecule has 2 aromatic carbocycles. The first kappa shape index (κ1) is 21.7. The smallest absolute Gasteiger partial charge is 0.416 e. The molecule has 0 amide bonds. The van der Waals surface area contributed by atoms with Crippen LogP contribution in [0.15, 0.2) is 48.5 Å². The van der Waals surface area contributed by atoms with E-state index in [0.29, 0.717) is 55.3 Å². The maximum absolute atomic E-state index is 12.9. The molecule has 0 radical (unpaired) electrons. The Morgan fingerprint density at radius 3 is 2.34 bits per heavy atom. The quantitative estimate of drug-likeness (QED) is 0.433. The first-order valence-corrected chi connectivity index (χ1v) is 11.9. The zero-order valence-electron chi connectivity index (χ0n) is 15.9. The molecular weight excluding hydrogens is 402 g/mol. The summed E-state index contributed by atoms with van der Waals surface area (Å²) in [7, 11) is -2.93. The van der Waals surface area contributed by atoms with Crippen molar-refractivity contribution in [2.45, 2.75) is 31.1 Å². The summed E-state index contributed by atoms with van der Waals surface area (Å²) in [6.07, 6.45) is -3.43. The highest BCUT2D eigenvalue weighted by Crippen LogP contribution is 2.29.